The van der Waals surface area contributed by atoms with Gasteiger partial charge in [-0.25, -0.2) is 9.59 Å². The molecule has 1 heterocycles. The van der Waals surface area contributed by atoms with Gasteiger partial charge in [-0.1, -0.05) is 30.3 Å². The van der Waals surface area contributed by atoms with Crippen molar-refractivity contribution in [3.05, 3.63) is 63.5 Å². The molecule has 1 aromatic carbocycles. The molecule has 0 fully saturated rings. The van der Waals surface area contributed by atoms with Crippen LogP contribution in [0.3, 0.4) is 0 Å². The van der Waals surface area contributed by atoms with Gasteiger partial charge in [0.2, 0.25) is 0 Å². The zero-order valence-corrected chi connectivity index (χ0v) is 16.2. The fourth-order valence-corrected chi connectivity index (χ4v) is 3.06. The highest BCUT2D eigenvalue weighted by molar-refractivity contribution is 7.08. The van der Waals surface area contributed by atoms with E-state index in [1.165, 1.54) is 24.0 Å². The Bertz CT molecular complexity index is 788. The molecule has 0 unspecified atom stereocenters. The van der Waals surface area contributed by atoms with Crippen LogP contribution in [0.2, 0.25) is 0 Å². The average molecular weight is 373 g/mol. The number of nitrogens with one attached hydrogen (secondary N) is 1. The van der Waals surface area contributed by atoms with Gasteiger partial charge in [0.05, 0.1) is 7.11 Å². The Balaban J connectivity index is 2.23. The van der Waals surface area contributed by atoms with Crippen molar-refractivity contribution in [2.75, 3.05) is 7.11 Å². The lowest BCUT2D eigenvalue weighted by molar-refractivity contribution is -0.136. The van der Waals surface area contributed by atoms with Crippen molar-refractivity contribution in [2.45, 2.75) is 32.8 Å². The average Bonchev–Trinajstić information content (AvgIpc) is 2.99. The van der Waals surface area contributed by atoms with Crippen molar-refractivity contribution in [3.63, 3.8) is 0 Å². The highest BCUT2D eigenvalue weighted by Gasteiger charge is 2.20. The molecular weight excluding hydrogens is 350 g/mol. The van der Waals surface area contributed by atoms with Gasteiger partial charge in [0.15, 0.2) is 0 Å². The van der Waals surface area contributed by atoms with Crippen LogP contribution >= 0.6 is 11.3 Å². The molecule has 0 saturated heterocycles. The smallest absolute Gasteiger partial charge is 0.412 e. The van der Waals surface area contributed by atoms with E-state index < -0.39 is 17.7 Å². The van der Waals surface area contributed by atoms with Crippen LogP contribution in [0.5, 0.6) is 0 Å². The lowest BCUT2D eigenvalue weighted by atomic mass is 10.0. The molecule has 0 atom stereocenters. The number of methoxy groups -OCH3 is 1. The highest BCUT2D eigenvalue weighted by Crippen LogP contribution is 2.22. The van der Waals surface area contributed by atoms with Crippen LogP contribution in [0.1, 0.15) is 37.5 Å². The first-order valence-electron chi connectivity index (χ1n) is 8.17. The second kappa shape index (κ2) is 8.67. The van der Waals surface area contributed by atoms with Crippen molar-refractivity contribution in [3.8, 4) is 0 Å². The van der Waals surface area contributed by atoms with Crippen LogP contribution in [0.4, 0.5) is 4.79 Å². The normalized spacial score (nSPS) is 11.8. The third-order valence-electron chi connectivity index (χ3n) is 3.35. The van der Waals surface area contributed by atoms with Crippen molar-refractivity contribution in [1.29, 1.82) is 0 Å². The number of esters is 1. The second-order valence-electron chi connectivity index (χ2n) is 6.69. The van der Waals surface area contributed by atoms with Crippen LogP contribution in [-0.4, -0.2) is 24.8 Å². The number of carbonyl (C=O) groups excluding carboxylic acids is 2. The molecule has 1 amide bonds. The van der Waals surface area contributed by atoms with Gasteiger partial charge in [-0.3, -0.25) is 5.32 Å². The number of hydrogen-bond acceptors (Lipinski definition) is 5. The molecule has 0 spiro atoms. The molecule has 0 bridgehead atoms. The quantitative estimate of drug-likeness (QED) is 0.624. The van der Waals surface area contributed by atoms with Gasteiger partial charge in [-0.05, 0) is 60.7 Å². The summed E-state index contributed by atoms with van der Waals surface area (Å²) in [6.07, 6.45) is 1.65. The van der Waals surface area contributed by atoms with Gasteiger partial charge in [0, 0.05) is 0 Å². The molecule has 0 aliphatic rings. The first-order chi connectivity index (χ1) is 12.3. The molecule has 138 valence electrons. The molecule has 26 heavy (non-hydrogen) atoms. The van der Waals surface area contributed by atoms with Crippen LogP contribution in [0, 0.1) is 0 Å². The fourth-order valence-electron chi connectivity index (χ4n) is 2.24. The van der Waals surface area contributed by atoms with E-state index in [-0.39, 0.29) is 5.70 Å². The lowest BCUT2D eigenvalue weighted by Gasteiger charge is -2.20. The number of benzene rings is 1. The summed E-state index contributed by atoms with van der Waals surface area (Å²) in [5, 5.41) is 6.44. The summed E-state index contributed by atoms with van der Waals surface area (Å²) in [6, 6.07) is 10.0. The summed E-state index contributed by atoms with van der Waals surface area (Å²) >= 11 is 1.54. The zero-order chi connectivity index (χ0) is 19.2. The van der Waals surface area contributed by atoms with Gasteiger partial charge in [-0.2, -0.15) is 11.3 Å². The standard InChI is InChI=1S/C20H23NO4S/c1-20(2,3)25-19(23)21-17(18(22)24-4)11-16-13-26-12-15(16)10-14-8-6-5-7-9-14/h5-9,11-13H,10H2,1-4H3,(H,21,23). The summed E-state index contributed by atoms with van der Waals surface area (Å²) < 4.78 is 9.99. The number of alkyl carbamates (subject to hydrolysis) is 1. The third-order valence-corrected chi connectivity index (χ3v) is 4.16. The molecule has 2 rings (SSSR count). The van der Waals surface area contributed by atoms with E-state index in [0.29, 0.717) is 0 Å². The maximum absolute atomic E-state index is 12.1. The van der Waals surface area contributed by atoms with Gasteiger partial charge >= 0.3 is 12.1 Å². The van der Waals surface area contributed by atoms with Crippen molar-refractivity contribution >= 4 is 29.5 Å². The predicted octanol–water partition coefficient (Wildman–Crippen LogP) is 4.38. The molecule has 0 aliphatic heterocycles. The number of carbonyl (C=O) groups is 2. The molecule has 0 aliphatic carbocycles. The Morgan fingerprint density at radius 3 is 2.46 bits per heavy atom. The summed E-state index contributed by atoms with van der Waals surface area (Å²) in [5.74, 6) is -0.632. The topological polar surface area (TPSA) is 64.6 Å². The second-order valence-corrected chi connectivity index (χ2v) is 7.43. The predicted molar refractivity (Wildman–Crippen MR) is 103 cm³/mol. The van der Waals surface area contributed by atoms with Crippen LogP contribution in [-0.2, 0) is 20.7 Å². The fraction of sp³-hybridized carbons (Fsp3) is 0.300. The van der Waals surface area contributed by atoms with E-state index in [0.717, 1.165) is 17.5 Å². The number of rotatable bonds is 5. The highest BCUT2D eigenvalue weighted by atomic mass is 32.1. The van der Waals surface area contributed by atoms with Crippen LogP contribution < -0.4 is 5.32 Å². The largest absolute Gasteiger partial charge is 0.464 e. The van der Waals surface area contributed by atoms with E-state index in [9.17, 15) is 9.59 Å². The van der Waals surface area contributed by atoms with Crippen LogP contribution in [0.15, 0.2) is 46.8 Å². The number of hydrogen-bond donors (Lipinski definition) is 1. The monoisotopic (exact) mass is 373 g/mol. The van der Waals surface area contributed by atoms with Gasteiger partial charge < -0.3 is 9.47 Å². The van der Waals surface area contributed by atoms with E-state index in [4.69, 9.17) is 9.47 Å². The Kier molecular flexibility index (Phi) is 6.58. The summed E-state index contributed by atoms with van der Waals surface area (Å²) in [6.45, 7) is 5.26. The molecule has 6 heteroatoms. The minimum atomic E-state index is -0.700. The molecule has 2 aromatic rings. The third kappa shape index (κ3) is 6.04. The number of ether oxygens (including phenoxy) is 2. The molecule has 0 radical (unpaired) electrons. The van der Waals surface area contributed by atoms with E-state index in [1.54, 1.807) is 26.8 Å². The van der Waals surface area contributed by atoms with Gasteiger partial charge in [0.25, 0.3) is 0 Å². The first kappa shape index (κ1) is 19.7. The SMILES string of the molecule is COC(=O)C(=Cc1cscc1Cc1ccccc1)NC(=O)OC(C)(C)C. The van der Waals surface area contributed by atoms with Crippen LogP contribution in [0.25, 0.3) is 6.08 Å². The van der Waals surface area contributed by atoms with Gasteiger partial charge in [0.1, 0.15) is 11.3 Å². The summed E-state index contributed by atoms with van der Waals surface area (Å²) in [5.41, 5.74) is 2.46. The molecule has 0 saturated carbocycles. The molecule has 5 nitrogen and oxygen atoms in total. The molecule has 1 N–H and O–H groups in total. The van der Waals surface area contributed by atoms with E-state index in [2.05, 4.69) is 5.32 Å². The minimum absolute atomic E-state index is 0.0365. The summed E-state index contributed by atoms with van der Waals surface area (Å²) in [4.78, 5) is 24.1. The minimum Gasteiger partial charge on any atom is -0.464 e. The maximum Gasteiger partial charge on any atom is 0.412 e. The van der Waals surface area contributed by atoms with Crippen molar-refractivity contribution in [1.82, 2.24) is 5.32 Å². The Hall–Kier alpha value is -2.60. The molecule has 1 aromatic heterocycles. The van der Waals surface area contributed by atoms with E-state index >= 15 is 0 Å². The Morgan fingerprint density at radius 1 is 1.15 bits per heavy atom. The summed E-state index contributed by atoms with van der Waals surface area (Å²) in [7, 11) is 1.27. The Morgan fingerprint density at radius 2 is 1.85 bits per heavy atom. The number of amides is 1. The maximum atomic E-state index is 12.1. The Labute approximate surface area is 157 Å². The zero-order valence-electron chi connectivity index (χ0n) is 15.4. The van der Waals surface area contributed by atoms with Crippen molar-refractivity contribution < 1.29 is 19.1 Å². The first-order valence-corrected chi connectivity index (χ1v) is 9.12. The van der Waals surface area contributed by atoms with E-state index in [1.807, 2.05) is 41.1 Å². The van der Waals surface area contributed by atoms with Gasteiger partial charge in [-0.15, -0.1) is 0 Å². The lowest BCUT2D eigenvalue weighted by Crippen LogP contribution is -2.34. The number of thiophene rings is 1. The molecular formula is C20H23NO4S. The van der Waals surface area contributed by atoms with Crippen molar-refractivity contribution in [2.24, 2.45) is 0 Å².